The smallest absolute Gasteiger partial charge is 0.221 e. The largest absolute Gasteiger partial charge is 0.481 e. The lowest BCUT2D eigenvalue weighted by Crippen LogP contribution is -2.33. The normalized spacial score (nSPS) is 11.3. The monoisotopic (exact) mass is 223 g/mol. The first-order valence-electron chi connectivity index (χ1n) is 5.70. The van der Waals surface area contributed by atoms with Gasteiger partial charge in [0.2, 0.25) is 5.88 Å². The topological polar surface area (TPSA) is 47.0 Å². The molecule has 0 aromatic carbocycles. The second-order valence-corrected chi connectivity index (χ2v) is 4.25. The van der Waals surface area contributed by atoms with Gasteiger partial charge in [-0.2, -0.15) is 0 Å². The summed E-state index contributed by atoms with van der Waals surface area (Å²) in [6, 6.07) is 0. The highest BCUT2D eigenvalue weighted by Gasteiger charge is 2.21. The number of anilines is 1. The molecule has 1 N–H and O–H groups in total. The van der Waals surface area contributed by atoms with Gasteiger partial charge in [-0.25, -0.2) is 9.97 Å². The summed E-state index contributed by atoms with van der Waals surface area (Å²) in [7, 11) is 1.62. The van der Waals surface area contributed by atoms with Crippen LogP contribution in [0.4, 0.5) is 5.82 Å². The zero-order valence-corrected chi connectivity index (χ0v) is 10.8. The van der Waals surface area contributed by atoms with E-state index in [1.165, 1.54) is 6.33 Å². The van der Waals surface area contributed by atoms with E-state index in [1.54, 1.807) is 7.11 Å². The van der Waals surface area contributed by atoms with Gasteiger partial charge >= 0.3 is 0 Å². The standard InChI is InChI=1S/C12H21N3O/c1-6-12(4,7-2)15-10-9(3)11(16-5)14-8-13-10/h8H,6-7H2,1-5H3,(H,13,14,15). The molecule has 4 heteroatoms. The lowest BCUT2D eigenvalue weighted by Gasteiger charge is -2.29. The minimum absolute atomic E-state index is 0.0735. The molecule has 1 aromatic rings. The molecule has 0 saturated carbocycles. The molecule has 0 amide bonds. The van der Waals surface area contributed by atoms with Gasteiger partial charge in [0.15, 0.2) is 0 Å². The highest BCUT2D eigenvalue weighted by atomic mass is 16.5. The minimum atomic E-state index is 0.0735. The van der Waals surface area contributed by atoms with E-state index >= 15 is 0 Å². The molecule has 90 valence electrons. The van der Waals surface area contributed by atoms with Crippen molar-refractivity contribution >= 4 is 5.82 Å². The van der Waals surface area contributed by atoms with Crippen LogP contribution in [0.5, 0.6) is 5.88 Å². The Balaban J connectivity index is 2.97. The van der Waals surface area contributed by atoms with Crippen LogP contribution in [0.3, 0.4) is 0 Å². The van der Waals surface area contributed by atoms with Crippen molar-refractivity contribution in [1.29, 1.82) is 0 Å². The van der Waals surface area contributed by atoms with Gasteiger partial charge in [0.25, 0.3) is 0 Å². The van der Waals surface area contributed by atoms with Crippen molar-refractivity contribution < 1.29 is 4.74 Å². The first-order chi connectivity index (χ1) is 7.56. The van der Waals surface area contributed by atoms with E-state index in [4.69, 9.17) is 4.74 Å². The summed E-state index contributed by atoms with van der Waals surface area (Å²) in [6.07, 6.45) is 3.63. The van der Waals surface area contributed by atoms with Crippen molar-refractivity contribution in [2.45, 2.75) is 46.1 Å². The number of hydrogen-bond acceptors (Lipinski definition) is 4. The van der Waals surface area contributed by atoms with E-state index in [9.17, 15) is 0 Å². The third-order valence-corrected chi connectivity index (χ3v) is 3.21. The van der Waals surface area contributed by atoms with Crippen molar-refractivity contribution in [2.24, 2.45) is 0 Å². The number of nitrogens with zero attached hydrogens (tertiary/aromatic N) is 2. The highest BCUT2D eigenvalue weighted by molar-refractivity contribution is 5.49. The third-order valence-electron chi connectivity index (χ3n) is 3.21. The molecule has 16 heavy (non-hydrogen) atoms. The fourth-order valence-corrected chi connectivity index (χ4v) is 1.48. The molecule has 1 aromatic heterocycles. The number of hydrogen-bond donors (Lipinski definition) is 1. The van der Waals surface area contributed by atoms with Crippen LogP contribution in [0, 0.1) is 6.92 Å². The molecule has 0 aliphatic heterocycles. The summed E-state index contributed by atoms with van der Waals surface area (Å²) in [5.41, 5.74) is 1.03. The number of nitrogens with one attached hydrogen (secondary N) is 1. The summed E-state index contributed by atoms with van der Waals surface area (Å²) in [6.45, 7) is 8.50. The molecular weight excluding hydrogens is 202 g/mol. The molecule has 1 heterocycles. The van der Waals surface area contributed by atoms with Crippen molar-refractivity contribution in [1.82, 2.24) is 9.97 Å². The van der Waals surface area contributed by atoms with Gasteiger partial charge in [-0.3, -0.25) is 0 Å². The molecule has 0 atom stereocenters. The van der Waals surface area contributed by atoms with Crippen LogP contribution in [0.2, 0.25) is 0 Å². The number of methoxy groups -OCH3 is 1. The van der Waals surface area contributed by atoms with Gasteiger partial charge in [0, 0.05) is 5.54 Å². The number of ether oxygens (including phenoxy) is 1. The molecule has 0 aliphatic carbocycles. The van der Waals surface area contributed by atoms with Gasteiger partial charge in [0.1, 0.15) is 12.1 Å². The van der Waals surface area contributed by atoms with E-state index in [2.05, 4.69) is 36.1 Å². The van der Waals surface area contributed by atoms with E-state index in [0.29, 0.717) is 5.88 Å². The van der Waals surface area contributed by atoms with Crippen LogP contribution in [0.25, 0.3) is 0 Å². The maximum atomic E-state index is 5.18. The van der Waals surface area contributed by atoms with Crippen LogP contribution in [0.1, 0.15) is 39.2 Å². The van der Waals surface area contributed by atoms with Gasteiger partial charge in [-0.15, -0.1) is 0 Å². The van der Waals surface area contributed by atoms with E-state index < -0.39 is 0 Å². The average Bonchev–Trinajstić information content (AvgIpc) is 2.32. The molecule has 0 radical (unpaired) electrons. The van der Waals surface area contributed by atoms with Crippen molar-refractivity contribution in [3.05, 3.63) is 11.9 Å². The SMILES string of the molecule is CCC(C)(CC)Nc1ncnc(OC)c1C. The van der Waals surface area contributed by atoms with E-state index in [1.807, 2.05) is 6.92 Å². The predicted octanol–water partition coefficient (Wildman–Crippen LogP) is 2.78. The second kappa shape index (κ2) is 5.14. The van der Waals surface area contributed by atoms with Crippen molar-refractivity contribution in [2.75, 3.05) is 12.4 Å². The van der Waals surface area contributed by atoms with Crippen molar-refractivity contribution in [3.8, 4) is 5.88 Å². The average molecular weight is 223 g/mol. The molecule has 0 spiro atoms. The minimum Gasteiger partial charge on any atom is -0.481 e. The second-order valence-electron chi connectivity index (χ2n) is 4.25. The Morgan fingerprint density at radius 2 is 1.94 bits per heavy atom. The predicted molar refractivity (Wildman–Crippen MR) is 65.9 cm³/mol. The van der Waals surface area contributed by atoms with E-state index in [0.717, 1.165) is 24.2 Å². The summed E-state index contributed by atoms with van der Waals surface area (Å²) in [4.78, 5) is 8.33. The van der Waals surface area contributed by atoms with Crippen LogP contribution >= 0.6 is 0 Å². The Morgan fingerprint density at radius 1 is 1.31 bits per heavy atom. The maximum absolute atomic E-state index is 5.18. The zero-order valence-electron chi connectivity index (χ0n) is 10.8. The fraction of sp³-hybridized carbons (Fsp3) is 0.667. The summed E-state index contributed by atoms with van der Waals surface area (Å²) < 4.78 is 5.18. The summed E-state index contributed by atoms with van der Waals surface area (Å²) in [5, 5.41) is 3.47. The summed E-state index contributed by atoms with van der Waals surface area (Å²) in [5.74, 6) is 1.49. The van der Waals surface area contributed by atoms with Gasteiger partial charge < -0.3 is 10.1 Å². The van der Waals surface area contributed by atoms with Crippen LogP contribution in [0.15, 0.2) is 6.33 Å². The van der Waals surface area contributed by atoms with Crippen molar-refractivity contribution in [3.63, 3.8) is 0 Å². The molecule has 0 bridgehead atoms. The lowest BCUT2D eigenvalue weighted by molar-refractivity contribution is 0.393. The Morgan fingerprint density at radius 3 is 2.44 bits per heavy atom. The highest BCUT2D eigenvalue weighted by Crippen LogP contribution is 2.25. The van der Waals surface area contributed by atoms with Gasteiger partial charge in [-0.05, 0) is 26.7 Å². The quantitative estimate of drug-likeness (QED) is 0.833. The van der Waals surface area contributed by atoms with Crippen LogP contribution in [-0.2, 0) is 0 Å². The number of rotatable bonds is 5. The Hall–Kier alpha value is -1.32. The maximum Gasteiger partial charge on any atom is 0.221 e. The molecule has 4 nitrogen and oxygen atoms in total. The third kappa shape index (κ3) is 2.62. The fourth-order valence-electron chi connectivity index (χ4n) is 1.48. The zero-order chi connectivity index (χ0) is 12.2. The van der Waals surface area contributed by atoms with Gasteiger partial charge in [0.05, 0.1) is 12.7 Å². The van der Waals surface area contributed by atoms with Gasteiger partial charge in [-0.1, -0.05) is 13.8 Å². The van der Waals surface area contributed by atoms with Crippen LogP contribution < -0.4 is 10.1 Å². The Bertz CT molecular complexity index is 348. The Kier molecular flexibility index (Phi) is 4.10. The first-order valence-corrected chi connectivity index (χ1v) is 5.70. The molecule has 0 unspecified atom stereocenters. The molecule has 0 saturated heterocycles. The molecule has 0 fully saturated rings. The molecular formula is C12H21N3O. The lowest BCUT2D eigenvalue weighted by atomic mass is 9.95. The number of aromatic nitrogens is 2. The molecule has 0 aliphatic rings. The summed E-state index contributed by atoms with van der Waals surface area (Å²) >= 11 is 0. The Labute approximate surface area is 97.5 Å². The van der Waals surface area contributed by atoms with Crippen LogP contribution in [-0.4, -0.2) is 22.6 Å². The molecule has 1 rings (SSSR count). The van der Waals surface area contributed by atoms with E-state index in [-0.39, 0.29) is 5.54 Å². The first kappa shape index (κ1) is 12.7.